The van der Waals surface area contributed by atoms with Crippen LogP contribution in [0.4, 0.5) is 24.8 Å². The van der Waals surface area contributed by atoms with Gasteiger partial charge in [-0.3, -0.25) is 19.2 Å². The van der Waals surface area contributed by atoms with Crippen molar-refractivity contribution in [3.63, 3.8) is 0 Å². The van der Waals surface area contributed by atoms with Crippen LogP contribution in [0.15, 0.2) is 35.0 Å². The standard InChI is InChI=1S/C21H26F3N7O4Si/c1-12(32)17-15(10-27-29-18(17)34)28-20(2,36)11-35-30-16(33)7-13-3-5-31(6-4-13)19-25-8-14(9-26-19)21(22,23)24/h3,8-10H,4-7,11H2,1-2,36H3,(H,30,33)(H2,28,29,34)/t20-/m0/s1. The average Bonchev–Trinajstić information content (AvgIpc) is 2.78. The molecule has 15 heteroatoms. The van der Waals surface area contributed by atoms with Gasteiger partial charge >= 0.3 is 6.18 Å². The van der Waals surface area contributed by atoms with Crippen LogP contribution in [0.1, 0.15) is 42.6 Å². The van der Waals surface area contributed by atoms with Crippen LogP contribution in [-0.4, -0.2) is 67.0 Å². The Morgan fingerprint density at radius 1 is 1.25 bits per heavy atom. The van der Waals surface area contributed by atoms with Crippen molar-refractivity contribution in [1.82, 2.24) is 25.6 Å². The van der Waals surface area contributed by atoms with Gasteiger partial charge in [-0.1, -0.05) is 11.6 Å². The molecule has 0 saturated heterocycles. The zero-order valence-corrected chi connectivity index (χ0v) is 21.9. The minimum absolute atomic E-state index is 0.0314. The van der Waals surface area contributed by atoms with Crippen molar-refractivity contribution in [2.24, 2.45) is 0 Å². The second kappa shape index (κ2) is 11.0. The summed E-state index contributed by atoms with van der Waals surface area (Å²) in [7, 11) is 0.546. The molecule has 11 nitrogen and oxygen atoms in total. The highest BCUT2D eigenvalue weighted by Crippen LogP contribution is 2.28. The number of hydrogen-bond acceptors (Lipinski definition) is 9. The molecule has 0 saturated carbocycles. The fourth-order valence-corrected chi connectivity index (χ4v) is 3.88. The quantitative estimate of drug-likeness (QED) is 0.185. The number of Topliss-reactive ketones (excluding diaryl/α,β-unsaturated/α-hetero) is 1. The molecule has 1 aliphatic heterocycles. The third kappa shape index (κ3) is 7.21. The maximum Gasteiger partial charge on any atom is 0.419 e. The van der Waals surface area contributed by atoms with Crippen LogP contribution in [0, 0.1) is 0 Å². The number of nitrogens with zero attached hydrogens (tertiary/aromatic N) is 4. The summed E-state index contributed by atoms with van der Waals surface area (Å²) in [6.45, 7) is 3.99. The van der Waals surface area contributed by atoms with Crippen LogP contribution in [-0.2, 0) is 15.8 Å². The molecule has 1 aliphatic rings. The molecular weight excluding hydrogens is 499 g/mol. The Kier molecular flexibility index (Phi) is 8.24. The van der Waals surface area contributed by atoms with Gasteiger partial charge in [-0.05, 0) is 20.3 Å². The summed E-state index contributed by atoms with van der Waals surface area (Å²) in [6.07, 6.45) is 0.775. The number of nitrogens with one attached hydrogen (secondary N) is 3. The first-order chi connectivity index (χ1) is 16.9. The third-order valence-electron chi connectivity index (χ3n) is 5.24. The van der Waals surface area contributed by atoms with E-state index in [1.165, 1.54) is 13.1 Å². The number of hydrogen-bond donors (Lipinski definition) is 3. The molecule has 0 fully saturated rings. The summed E-state index contributed by atoms with van der Waals surface area (Å²) in [5.41, 5.74) is 1.99. The van der Waals surface area contributed by atoms with Gasteiger partial charge in [-0.15, -0.1) is 0 Å². The van der Waals surface area contributed by atoms with Gasteiger partial charge in [-0.2, -0.15) is 18.3 Å². The normalized spacial score (nSPS) is 15.7. The van der Waals surface area contributed by atoms with Gasteiger partial charge in [0.15, 0.2) is 5.78 Å². The van der Waals surface area contributed by atoms with Crippen molar-refractivity contribution in [3.8, 4) is 0 Å². The van der Waals surface area contributed by atoms with E-state index >= 15 is 0 Å². The Labute approximate surface area is 206 Å². The van der Waals surface area contributed by atoms with Crippen LogP contribution in [0.5, 0.6) is 0 Å². The highest BCUT2D eigenvalue weighted by molar-refractivity contribution is 6.17. The van der Waals surface area contributed by atoms with Gasteiger partial charge in [0.05, 0.1) is 24.1 Å². The van der Waals surface area contributed by atoms with Gasteiger partial charge in [0, 0.05) is 47.3 Å². The SMILES string of the molecule is CC(=O)c1c(N[C@@](C)([SiH3])CONC(=O)CC2=CCN(c3ncc(C(F)(F)F)cn3)CC2)cn[nH]c1=O. The first-order valence-electron chi connectivity index (χ1n) is 11.0. The highest BCUT2D eigenvalue weighted by atomic mass is 28.1. The van der Waals surface area contributed by atoms with E-state index in [9.17, 15) is 27.6 Å². The van der Waals surface area contributed by atoms with Gasteiger partial charge in [0.25, 0.3) is 5.56 Å². The number of aromatic amines is 1. The molecule has 3 N–H and O–H groups in total. The van der Waals surface area contributed by atoms with Crippen molar-refractivity contribution >= 4 is 33.6 Å². The van der Waals surface area contributed by atoms with E-state index < -0.39 is 28.2 Å². The van der Waals surface area contributed by atoms with E-state index in [0.717, 1.165) is 18.0 Å². The number of aromatic nitrogens is 4. The molecule has 1 atom stereocenters. The van der Waals surface area contributed by atoms with E-state index in [-0.39, 0.29) is 36.1 Å². The topological polar surface area (TPSA) is 142 Å². The Balaban J connectivity index is 1.47. The van der Waals surface area contributed by atoms with Crippen LogP contribution in [0.3, 0.4) is 0 Å². The molecule has 0 unspecified atom stereocenters. The summed E-state index contributed by atoms with van der Waals surface area (Å²) in [4.78, 5) is 50.7. The number of carbonyl (C=O) groups is 2. The monoisotopic (exact) mass is 525 g/mol. The number of carbonyl (C=O) groups excluding carboxylic acids is 2. The zero-order valence-electron chi connectivity index (χ0n) is 19.9. The maximum absolute atomic E-state index is 12.7. The molecule has 0 radical (unpaired) electrons. The highest BCUT2D eigenvalue weighted by Gasteiger charge is 2.31. The summed E-state index contributed by atoms with van der Waals surface area (Å²) in [5, 5.41) is 8.40. The van der Waals surface area contributed by atoms with E-state index in [4.69, 9.17) is 4.84 Å². The summed E-state index contributed by atoms with van der Waals surface area (Å²) >= 11 is 0. The van der Waals surface area contributed by atoms with Crippen molar-refractivity contribution in [3.05, 3.63) is 51.7 Å². The molecule has 3 heterocycles. The number of halogens is 3. The molecule has 2 aromatic heterocycles. The number of alkyl halides is 3. The smallest absolute Gasteiger partial charge is 0.379 e. The maximum atomic E-state index is 12.7. The minimum atomic E-state index is -4.49. The molecule has 194 valence electrons. The van der Waals surface area contributed by atoms with Gasteiger partial charge in [0.1, 0.15) is 5.56 Å². The largest absolute Gasteiger partial charge is 0.419 e. The van der Waals surface area contributed by atoms with Crippen molar-refractivity contribution in [2.45, 2.75) is 38.0 Å². The second-order valence-electron chi connectivity index (χ2n) is 8.87. The lowest BCUT2D eigenvalue weighted by molar-refractivity contribution is -0.138. The molecule has 0 spiro atoms. The van der Waals surface area contributed by atoms with E-state index in [1.807, 2.05) is 13.0 Å². The van der Waals surface area contributed by atoms with E-state index in [0.29, 0.717) is 29.8 Å². The van der Waals surface area contributed by atoms with Gasteiger partial charge < -0.3 is 10.2 Å². The lowest BCUT2D eigenvalue weighted by Gasteiger charge is -2.28. The van der Waals surface area contributed by atoms with Crippen molar-refractivity contribution < 1.29 is 27.6 Å². The van der Waals surface area contributed by atoms with Crippen LogP contribution >= 0.6 is 0 Å². The van der Waals surface area contributed by atoms with Crippen LogP contribution in [0.25, 0.3) is 0 Å². The molecule has 36 heavy (non-hydrogen) atoms. The van der Waals surface area contributed by atoms with Gasteiger partial charge in [0.2, 0.25) is 11.9 Å². The first kappa shape index (κ1) is 27.0. The molecule has 0 aromatic carbocycles. The second-order valence-corrected chi connectivity index (χ2v) is 11.1. The van der Waals surface area contributed by atoms with E-state index in [1.54, 1.807) is 4.90 Å². The molecule has 0 bridgehead atoms. The Hall–Kier alpha value is -3.59. The third-order valence-corrected chi connectivity index (χ3v) is 5.78. The Morgan fingerprint density at radius 2 is 1.94 bits per heavy atom. The van der Waals surface area contributed by atoms with Crippen molar-refractivity contribution in [1.29, 1.82) is 0 Å². The average molecular weight is 526 g/mol. The number of rotatable bonds is 9. The van der Waals surface area contributed by atoms with Crippen LogP contribution < -0.4 is 21.3 Å². The zero-order chi connectivity index (χ0) is 26.5. The number of anilines is 2. The number of amides is 1. The predicted octanol–water partition coefficient (Wildman–Crippen LogP) is 0.549. The number of hydroxylamine groups is 1. The molecule has 2 aromatic rings. The molecule has 1 amide bonds. The predicted molar refractivity (Wildman–Crippen MR) is 127 cm³/mol. The summed E-state index contributed by atoms with van der Waals surface area (Å²) < 4.78 is 38.0. The minimum Gasteiger partial charge on any atom is -0.379 e. The first-order valence-corrected chi connectivity index (χ1v) is 12.0. The van der Waals surface area contributed by atoms with Gasteiger partial charge in [-0.25, -0.2) is 20.5 Å². The Bertz CT molecular complexity index is 1200. The number of ketones is 1. The fourth-order valence-electron chi connectivity index (χ4n) is 3.47. The molecule has 0 aliphatic carbocycles. The van der Waals surface area contributed by atoms with Crippen LogP contribution in [0.2, 0.25) is 0 Å². The Morgan fingerprint density at radius 3 is 2.53 bits per heavy atom. The molecule has 3 rings (SSSR count). The summed E-state index contributed by atoms with van der Waals surface area (Å²) in [6, 6.07) is 0. The lowest BCUT2D eigenvalue weighted by Crippen LogP contribution is -2.44. The molecular formula is C21H26F3N7O4Si. The van der Waals surface area contributed by atoms with Crippen molar-refractivity contribution in [2.75, 3.05) is 29.9 Å². The van der Waals surface area contributed by atoms with E-state index in [2.05, 4.69) is 31.0 Å². The lowest BCUT2D eigenvalue weighted by atomic mass is 10.0. The number of H-pyrrole nitrogens is 1. The fraction of sp³-hybridized carbons (Fsp3) is 0.429. The summed E-state index contributed by atoms with van der Waals surface area (Å²) in [5.74, 6) is -0.578.